The molecule has 4 fully saturated rings. The molecule has 4 saturated carbocycles. The smallest absolute Gasteiger partial charge is 0.338 e. The minimum atomic E-state index is -0.373. The zero-order valence-electron chi connectivity index (χ0n) is 17.6. The highest BCUT2D eigenvalue weighted by Gasteiger charge is 2.54. The van der Waals surface area contributed by atoms with E-state index >= 15 is 0 Å². The fraction of sp³-hybridized carbons (Fsp3) is 0.565. The van der Waals surface area contributed by atoms with Crippen LogP contribution in [0.1, 0.15) is 61.7 Å². The summed E-state index contributed by atoms with van der Waals surface area (Å²) >= 11 is 1.26. The van der Waals surface area contributed by atoms with Crippen LogP contribution in [-0.2, 0) is 14.9 Å². The fourth-order valence-electron chi connectivity index (χ4n) is 6.08. The second-order valence-electron chi connectivity index (χ2n) is 9.21. The van der Waals surface area contributed by atoms with Gasteiger partial charge in [-0.25, -0.2) is 4.79 Å². The Labute approximate surface area is 185 Å². The Morgan fingerprint density at radius 1 is 1.10 bits per heavy atom. The summed E-state index contributed by atoms with van der Waals surface area (Å²) < 4.78 is 11.0. The molecule has 1 aromatic carbocycles. The number of nitrogens with zero attached hydrogens (tertiary/aromatic N) is 2. The predicted molar refractivity (Wildman–Crippen MR) is 116 cm³/mol. The Bertz CT molecular complexity index is 936. The molecule has 1 N–H and O–H groups in total. The minimum Gasteiger partial charge on any atom is -0.462 e. The van der Waals surface area contributed by atoms with Gasteiger partial charge in [-0.3, -0.25) is 4.79 Å². The molecule has 4 aliphatic carbocycles. The van der Waals surface area contributed by atoms with Crippen LogP contribution in [0.3, 0.4) is 0 Å². The average Bonchev–Trinajstić information content (AvgIpc) is 3.22. The summed E-state index contributed by atoms with van der Waals surface area (Å²) in [6, 6.07) is 6.65. The van der Waals surface area contributed by atoms with Crippen LogP contribution >= 0.6 is 11.8 Å². The Morgan fingerprint density at radius 2 is 1.74 bits per heavy atom. The van der Waals surface area contributed by atoms with Gasteiger partial charge in [-0.1, -0.05) is 11.8 Å². The lowest BCUT2D eigenvalue weighted by Crippen LogP contribution is -2.48. The van der Waals surface area contributed by atoms with Gasteiger partial charge < -0.3 is 14.5 Å². The molecule has 0 saturated heterocycles. The van der Waals surface area contributed by atoms with Gasteiger partial charge >= 0.3 is 5.97 Å². The molecule has 4 aliphatic rings. The maximum Gasteiger partial charge on any atom is 0.338 e. The van der Waals surface area contributed by atoms with Gasteiger partial charge in [0.2, 0.25) is 11.8 Å². The van der Waals surface area contributed by atoms with Gasteiger partial charge in [-0.15, -0.1) is 10.2 Å². The van der Waals surface area contributed by atoms with Crippen molar-refractivity contribution < 1.29 is 18.7 Å². The van der Waals surface area contributed by atoms with Crippen molar-refractivity contribution in [2.75, 3.05) is 17.7 Å². The molecule has 6 rings (SSSR count). The van der Waals surface area contributed by atoms with E-state index in [1.807, 2.05) is 0 Å². The molecular weight excluding hydrogens is 414 g/mol. The molecule has 0 aliphatic heterocycles. The van der Waals surface area contributed by atoms with Crippen LogP contribution in [0.15, 0.2) is 33.9 Å². The van der Waals surface area contributed by atoms with E-state index < -0.39 is 0 Å². The van der Waals surface area contributed by atoms with E-state index in [1.54, 1.807) is 31.2 Å². The minimum absolute atomic E-state index is 0.0729. The van der Waals surface area contributed by atoms with Crippen molar-refractivity contribution in [3.05, 3.63) is 35.7 Å². The largest absolute Gasteiger partial charge is 0.462 e. The highest BCUT2D eigenvalue weighted by Crippen LogP contribution is 2.60. The van der Waals surface area contributed by atoms with E-state index in [0.717, 1.165) is 23.6 Å². The molecule has 1 heterocycles. The molecule has 0 atom stereocenters. The van der Waals surface area contributed by atoms with E-state index in [9.17, 15) is 9.59 Å². The monoisotopic (exact) mass is 441 g/mol. The molecule has 31 heavy (non-hydrogen) atoms. The average molecular weight is 442 g/mol. The first-order valence-electron chi connectivity index (χ1n) is 11.1. The first-order valence-corrected chi connectivity index (χ1v) is 12.1. The summed E-state index contributed by atoms with van der Waals surface area (Å²) in [5, 5.41) is 11.9. The van der Waals surface area contributed by atoms with Gasteiger partial charge in [0.1, 0.15) is 0 Å². The summed E-state index contributed by atoms with van der Waals surface area (Å²) in [5.41, 5.74) is 1.15. The number of esters is 1. The lowest BCUT2D eigenvalue weighted by Gasteiger charge is -2.55. The Kier molecular flexibility index (Phi) is 5.50. The number of anilines is 1. The van der Waals surface area contributed by atoms with Crippen molar-refractivity contribution in [3.63, 3.8) is 0 Å². The van der Waals surface area contributed by atoms with E-state index in [1.165, 1.54) is 50.3 Å². The second kappa shape index (κ2) is 8.30. The number of nitrogens with one attached hydrogen (secondary N) is 1. The zero-order chi connectivity index (χ0) is 21.4. The Hall–Kier alpha value is -2.35. The summed E-state index contributed by atoms with van der Waals surface area (Å²) in [4.78, 5) is 24.0. The number of benzene rings is 1. The number of carbonyl (C=O) groups is 2. The van der Waals surface area contributed by atoms with Crippen LogP contribution in [-0.4, -0.2) is 34.4 Å². The van der Waals surface area contributed by atoms with Gasteiger partial charge in [0, 0.05) is 11.1 Å². The molecule has 2 aromatic rings. The SMILES string of the molecule is CCOC(=O)c1ccc(NC(=O)CSc2nnc(C34CC5CC(CC(C5)C3)C4)o2)cc1. The number of aromatic nitrogens is 2. The summed E-state index contributed by atoms with van der Waals surface area (Å²) in [7, 11) is 0. The number of hydrogen-bond donors (Lipinski definition) is 1. The molecule has 164 valence electrons. The van der Waals surface area contributed by atoms with Crippen molar-refractivity contribution in [1.29, 1.82) is 0 Å². The van der Waals surface area contributed by atoms with Crippen molar-refractivity contribution in [3.8, 4) is 0 Å². The van der Waals surface area contributed by atoms with Crippen molar-refractivity contribution in [2.45, 2.75) is 56.1 Å². The molecular formula is C23H27N3O4S. The Morgan fingerprint density at radius 3 is 2.35 bits per heavy atom. The topological polar surface area (TPSA) is 94.3 Å². The molecule has 0 spiro atoms. The van der Waals surface area contributed by atoms with E-state index in [-0.39, 0.29) is 23.0 Å². The fourth-order valence-corrected chi connectivity index (χ4v) is 6.65. The number of carbonyl (C=O) groups excluding carboxylic acids is 2. The lowest BCUT2D eigenvalue weighted by atomic mass is 9.49. The van der Waals surface area contributed by atoms with Crippen LogP contribution in [0.25, 0.3) is 0 Å². The molecule has 1 amide bonds. The normalized spacial score (nSPS) is 28.5. The van der Waals surface area contributed by atoms with Crippen molar-refractivity contribution in [1.82, 2.24) is 10.2 Å². The maximum atomic E-state index is 12.3. The highest BCUT2D eigenvalue weighted by atomic mass is 32.2. The van der Waals surface area contributed by atoms with Gasteiger partial charge in [0.25, 0.3) is 5.22 Å². The third kappa shape index (κ3) is 4.22. The maximum absolute atomic E-state index is 12.3. The predicted octanol–water partition coefficient (Wildman–Crippen LogP) is 4.44. The molecule has 8 heteroatoms. The highest BCUT2D eigenvalue weighted by molar-refractivity contribution is 7.99. The second-order valence-corrected chi connectivity index (χ2v) is 10.1. The number of thioether (sulfide) groups is 1. The van der Waals surface area contributed by atoms with Crippen LogP contribution in [0.2, 0.25) is 0 Å². The molecule has 0 unspecified atom stereocenters. The zero-order valence-corrected chi connectivity index (χ0v) is 18.5. The summed E-state index contributed by atoms with van der Waals surface area (Å²) in [5.74, 6) is 2.87. The quantitative estimate of drug-likeness (QED) is 0.501. The molecule has 7 nitrogen and oxygen atoms in total. The standard InChI is InChI=1S/C23H27N3O4S/c1-2-29-20(28)17-3-5-18(6-4-17)24-19(27)13-31-22-26-25-21(30-22)23-10-14-7-15(11-23)9-16(8-14)12-23/h3-6,14-16H,2,7-13H2,1H3,(H,24,27). The van der Waals surface area contributed by atoms with Crippen LogP contribution in [0, 0.1) is 17.8 Å². The van der Waals surface area contributed by atoms with E-state index in [0.29, 0.717) is 23.1 Å². The van der Waals surface area contributed by atoms with Crippen molar-refractivity contribution in [2.24, 2.45) is 17.8 Å². The number of rotatable bonds is 7. The Balaban J connectivity index is 1.16. The van der Waals surface area contributed by atoms with Crippen LogP contribution in [0.4, 0.5) is 5.69 Å². The van der Waals surface area contributed by atoms with Gasteiger partial charge in [0.05, 0.1) is 17.9 Å². The first-order chi connectivity index (χ1) is 15.0. The number of hydrogen-bond acceptors (Lipinski definition) is 7. The summed E-state index contributed by atoms with van der Waals surface area (Å²) in [6.45, 7) is 2.09. The number of amides is 1. The van der Waals surface area contributed by atoms with Gasteiger partial charge in [-0.05, 0) is 87.5 Å². The van der Waals surface area contributed by atoms with Crippen molar-refractivity contribution >= 4 is 29.3 Å². The lowest BCUT2D eigenvalue weighted by molar-refractivity contribution is -0.113. The number of ether oxygens (including phenoxy) is 1. The van der Waals surface area contributed by atoms with Crippen LogP contribution < -0.4 is 5.32 Å². The molecule has 1 aromatic heterocycles. The van der Waals surface area contributed by atoms with Crippen LogP contribution in [0.5, 0.6) is 0 Å². The third-order valence-electron chi connectivity index (χ3n) is 6.90. The molecule has 0 radical (unpaired) electrons. The third-order valence-corrected chi connectivity index (χ3v) is 7.72. The van der Waals surface area contributed by atoms with Gasteiger partial charge in [-0.2, -0.15) is 0 Å². The van der Waals surface area contributed by atoms with Gasteiger partial charge in [0.15, 0.2) is 0 Å². The first kappa shape index (κ1) is 20.5. The molecule has 4 bridgehead atoms. The summed E-state index contributed by atoms with van der Waals surface area (Å²) in [6.07, 6.45) is 7.64. The van der Waals surface area contributed by atoms with E-state index in [4.69, 9.17) is 9.15 Å². The van der Waals surface area contributed by atoms with E-state index in [2.05, 4.69) is 15.5 Å².